The number of fused-ring (bicyclic) bond motifs is 1. The number of methoxy groups -OCH3 is 1. The van der Waals surface area contributed by atoms with Crippen LogP contribution in [0, 0.1) is 0 Å². The normalized spacial score (nSPS) is 15.8. The molecule has 0 bridgehead atoms. The van der Waals surface area contributed by atoms with Crippen LogP contribution in [0.3, 0.4) is 0 Å². The Morgan fingerprint density at radius 3 is 2.73 bits per heavy atom. The molecular weight excluding hydrogens is 372 g/mol. The second kappa shape index (κ2) is 9.38. The zero-order valence-electron chi connectivity index (χ0n) is 18.0. The van der Waals surface area contributed by atoms with E-state index in [2.05, 4.69) is 53.8 Å². The Balaban J connectivity index is 1.68. The number of carbonyl (C=O) groups excluding carboxylic acids is 1. The lowest BCUT2D eigenvalue weighted by atomic mass is 9.87. The van der Waals surface area contributed by atoms with Crippen molar-refractivity contribution in [1.82, 2.24) is 10.3 Å². The van der Waals surface area contributed by atoms with Crippen molar-refractivity contribution in [3.05, 3.63) is 65.4 Å². The van der Waals surface area contributed by atoms with Gasteiger partial charge in [0.2, 0.25) is 5.91 Å². The Bertz CT molecular complexity index is 1000. The molecule has 3 aromatic rings. The van der Waals surface area contributed by atoms with Crippen LogP contribution in [0.15, 0.2) is 48.7 Å². The predicted octanol–water partition coefficient (Wildman–Crippen LogP) is 5.71. The highest BCUT2D eigenvalue weighted by Gasteiger charge is 2.24. The third-order valence-electron chi connectivity index (χ3n) is 6.45. The van der Waals surface area contributed by atoms with Gasteiger partial charge in [-0.25, -0.2) is 0 Å². The average molecular weight is 405 g/mol. The van der Waals surface area contributed by atoms with Gasteiger partial charge in [0, 0.05) is 35.5 Å². The highest BCUT2D eigenvalue weighted by Crippen LogP contribution is 2.36. The number of H-pyrrole nitrogens is 1. The van der Waals surface area contributed by atoms with Crippen molar-refractivity contribution in [2.75, 3.05) is 7.11 Å². The van der Waals surface area contributed by atoms with E-state index in [1.165, 1.54) is 41.3 Å². The van der Waals surface area contributed by atoms with Gasteiger partial charge in [-0.15, -0.1) is 0 Å². The number of aromatic amines is 1. The zero-order chi connectivity index (χ0) is 20.9. The summed E-state index contributed by atoms with van der Waals surface area (Å²) in [7, 11) is 1.68. The third-order valence-corrected chi connectivity index (χ3v) is 6.45. The van der Waals surface area contributed by atoms with E-state index in [-0.39, 0.29) is 11.8 Å². The van der Waals surface area contributed by atoms with Crippen LogP contribution in [0.1, 0.15) is 68.1 Å². The van der Waals surface area contributed by atoms with E-state index in [4.69, 9.17) is 4.74 Å². The Hall–Kier alpha value is -2.75. The van der Waals surface area contributed by atoms with Gasteiger partial charge in [0.25, 0.3) is 0 Å². The molecule has 1 heterocycles. The highest BCUT2D eigenvalue weighted by atomic mass is 16.5. The van der Waals surface area contributed by atoms with Gasteiger partial charge >= 0.3 is 0 Å². The number of nitrogens with one attached hydrogen (secondary N) is 2. The quantitative estimate of drug-likeness (QED) is 0.530. The second-order valence-corrected chi connectivity index (χ2v) is 8.37. The van der Waals surface area contributed by atoms with E-state index >= 15 is 0 Å². The summed E-state index contributed by atoms with van der Waals surface area (Å²) in [6.07, 6.45) is 9.41. The molecule has 1 amide bonds. The van der Waals surface area contributed by atoms with Crippen LogP contribution in [-0.4, -0.2) is 24.0 Å². The highest BCUT2D eigenvalue weighted by molar-refractivity contribution is 5.88. The molecule has 2 aromatic carbocycles. The molecule has 0 radical (unpaired) electrons. The van der Waals surface area contributed by atoms with Gasteiger partial charge in [-0.3, -0.25) is 4.79 Å². The molecular formula is C26H32N2O2. The SMILES string of the molecule is CCc1cccc2c(C(CC(=O)NC3CCCCC3)c3cccc(OC)c3)c[nH]c12. The molecule has 1 unspecified atom stereocenters. The summed E-state index contributed by atoms with van der Waals surface area (Å²) in [5.41, 5.74) is 4.76. The minimum atomic E-state index is -0.0236. The lowest BCUT2D eigenvalue weighted by Crippen LogP contribution is -2.36. The Kier molecular flexibility index (Phi) is 6.41. The van der Waals surface area contributed by atoms with Gasteiger partial charge in [0.15, 0.2) is 0 Å². The Labute approximate surface area is 179 Å². The van der Waals surface area contributed by atoms with Gasteiger partial charge in [-0.05, 0) is 48.1 Å². The van der Waals surface area contributed by atoms with Gasteiger partial charge in [-0.2, -0.15) is 0 Å². The summed E-state index contributed by atoms with van der Waals surface area (Å²) in [5.74, 6) is 0.930. The molecule has 1 aromatic heterocycles. The number of para-hydroxylation sites is 1. The van der Waals surface area contributed by atoms with Crippen LogP contribution in [0.2, 0.25) is 0 Å². The summed E-state index contributed by atoms with van der Waals surface area (Å²) < 4.78 is 5.46. The minimum Gasteiger partial charge on any atom is -0.497 e. The summed E-state index contributed by atoms with van der Waals surface area (Å²) in [6.45, 7) is 2.17. The standard InChI is InChI=1S/C26H32N2O2/c1-3-18-9-8-14-22-24(17-27-26(18)22)23(19-10-7-13-21(15-19)30-2)16-25(29)28-20-11-5-4-6-12-20/h7-10,13-15,17,20,23,27H,3-6,11-12,16H2,1-2H3,(H,28,29). The van der Waals surface area contributed by atoms with Crippen LogP contribution >= 0.6 is 0 Å². The molecule has 4 rings (SSSR count). The monoisotopic (exact) mass is 404 g/mol. The first kappa shape index (κ1) is 20.5. The summed E-state index contributed by atoms with van der Waals surface area (Å²) in [4.78, 5) is 16.5. The molecule has 1 atom stereocenters. The predicted molar refractivity (Wildman–Crippen MR) is 122 cm³/mol. The minimum absolute atomic E-state index is 0.0236. The number of carbonyl (C=O) groups is 1. The topological polar surface area (TPSA) is 54.1 Å². The molecule has 1 saturated carbocycles. The number of hydrogen-bond donors (Lipinski definition) is 2. The molecule has 1 fully saturated rings. The first-order valence-electron chi connectivity index (χ1n) is 11.2. The fourth-order valence-electron chi connectivity index (χ4n) is 4.81. The molecule has 0 aliphatic heterocycles. The van der Waals surface area contributed by atoms with Crippen molar-refractivity contribution < 1.29 is 9.53 Å². The molecule has 158 valence electrons. The maximum Gasteiger partial charge on any atom is 0.221 e. The lowest BCUT2D eigenvalue weighted by molar-refractivity contribution is -0.122. The fourth-order valence-corrected chi connectivity index (χ4v) is 4.81. The summed E-state index contributed by atoms with van der Waals surface area (Å²) in [6, 6.07) is 14.9. The van der Waals surface area contributed by atoms with E-state index in [0.717, 1.165) is 30.6 Å². The number of hydrogen-bond acceptors (Lipinski definition) is 2. The third kappa shape index (κ3) is 4.38. The first-order valence-corrected chi connectivity index (χ1v) is 11.2. The molecule has 4 nitrogen and oxygen atoms in total. The van der Waals surface area contributed by atoms with Crippen molar-refractivity contribution in [2.24, 2.45) is 0 Å². The van der Waals surface area contributed by atoms with E-state index < -0.39 is 0 Å². The summed E-state index contributed by atoms with van der Waals surface area (Å²) >= 11 is 0. The van der Waals surface area contributed by atoms with E-state index in [1.54, 1.807) is 7.11 Å². The van der Waals surface area contributed by atoms with Crippen molar-refractivity contribution in [1.29, 1.82) is 0 Å². The fraction of sp³-hybridized carbons (Fsp3) is 0.423. The van der Waals surface area contributed by atoms with Crippen molar-refractivity contribution in [2.45, 2.75) is 63.8 Å². The van der Waals surface area contributed by atoms with Crippen LogP contribution in [0.4, 0.5) is 0 Å². The largest absolute Gasteiger partial charge is 0.497 e. The van der Waals surface area contributed by atoms with Crippen molar-refractivity contribution in [3.63, 3.8) is 0 Å². The van der Waals surface area contributed by atoms with Gasteiger partial charge in [0.05, 0.1) is 7.11 Å². The van der Waals surface area contributed by atoms with E-state index in [0.29, 0.717) is 12.5 Å². The van der Waals surface area contributed by atoms with Gasteiger partial charge in [0.1, 0.15) is 5.75 Å². The van der Waals surface area contributed by atoms with Crippen molar-refractivity contribution >= 4 is 16.8 Å². The van der Waals surface area contributed by atoms with Gasteiger partial charge < -0.3 is 15.0 Å². The molecule has 30 heavy (non-hydrogen) atoms. The number of aryl methyl sites for hydroxylation is 1. The second-order valence-electron chi connectivity index (χ2n) is 8.37. The van der Waals surface area contributed by atoms with Crippen LogP contribution < -0.4 is 10.1 Å². The van der Waals surface area contributed by atoms with E-state index in [1.807, 2.05) is 12.1 Å². The summed E-state index contributed by atoms with van der Waals surface area (Å²) in [5, 5.41) is 4.50. The molecule has 2 N–H and O–H groups in total. The van der Waals surface area contributed by atoms with Crippen LogP contribution in [-0.2, 0) is 11.2 Å². The van der Waals surface area contributed by atoms with Crippen molar-refractivity contribution in [3.8, 4) is 5.75 Å². The molecule has 1 aliphatic rings. The zero-order valence-corrected chi connectivity index (χ0v) is 18.0. The number of aromatic nitrogens is 1. The van der Waals surface area contributed by atoms with Gasteiger partial charge in [-0.1, -0.05) is 56.5 Å². The molecule has 0 spiro atoms. The lowest BCUT2D eigenvalue weighted by Gasteiger charge is -2.24. The maximum absolute atomic E-state index is 13.1. The Morgan fingerprint density at radius 1 is 1.17 bits per heavy atom. The average Bonchev–Trinajstić information content (AvgIpc) is 3.22. The Morgan fingerprint density at radius 2 is 1.97 bits per heavy atom. The number of ether oxygens (including phenoxy) is 1. The number of rotatable bonds is 7. The smallest absolute Gasteiger partial charge is 0.221 e. The number of amides is 1. The number of benzene rings is 2. The van der Waals surface area contributed by atoms with Crippen LogP contribution in [0.25, 0.3) is 10.9 Å². The first-order chi connectivity index (χ1) is 14.7. The molecule has 0 saturated heterocycles. The molecule has 1 aliphatic carbocycles. The maximum atomic E-state index is 13.1. The van der Waals surface area contributed by atoms with Crippen LogP contribution in [0.5, 0.6) is 5.75 Å². The van der Waals surface area contributed by atoms with E-state index in [9.17, 15) is 4.79 Å². The molecule has 4 heteroatoms.